The minimum atomic E-state index is 0.0638. The van der Waals surface area contributed by atoms with Crippen molar-refractivity contribution in [3.05, 3.63) is 181 Å². The van der Waals surface area contributed by atoms with E-state index in [0.29, 0.717) is 0 Å². The normalized spacial score (nSPS) is 11.4. The van der Waals surface area contributed by atoms with Gasteiger partial charge in [0.05, 0.1) is 0 Å². The first kappa shape index (κ1) is 28.7. The molecule has 0 radical (unpaired) electrons. The third-order valence-electron chi connectivity index (χ3n) is 9.85. The standard InChI is InChI=1S/C47H32N2/c48-47(49)40-25-26-43-44(29-40)46(35-21-15-33(16-22-35)39-24-18-31-8-2-4-10-37(31)28-39)42-12-6-5-11-41(42)45(43)34-19-13-32(14-20-34)38-23-17-30-7-1-3-9-36(30)27-38/h1-29H,(H3,48,49). The topological polar surface area (TPSA) is 49.9 Å². The van der Waals surface area contributed by atoms with Gasteiger partial charge in [-0.05, 0) is 106 Å². The third kappa shape index (κ3) is 5.02. The lowest BCUT2D eigenvalue weighted by molar-refractivity contribution is 1.43. The summed E-state index contributed by atoms with van der Waals surface area (Å²) in [4.78, 5) is 0. The lowest BCUT2D eigenvalue weighted by Gasteiger charge is -2.19. The van der Waals surface area contributed by atoms with E-state index < -0.39 is 0 Å². The van der Waals surface area contributed by atoms with Gasteiger partial charge in [-0.2, -0.15) is 0 Å². The Morgan fingerprint density at radius 1 is 0.327 bits per heavy atom. The van der Waals surface area contributed by atoms with Gasteiger partial charge in [-0.25, -0.2) is 0 Å². The van der Waals surface area contributed by atoms with E-state index in [-0.39, 0.29) is 5.84 Å². The highest BCUT2D eigenvalue weighted by molar-refractivity contribution is 6.22. The number of amidine groups is 1. The van der Waals surface area contributed by atoms with Gasteiger partial charge in [0.1, 0.15) is 5.84 Å². The van der Waals surface area contributed by atoms with Gasteiger partial charge in [0.2, 0.25) is 0 Å². The van der Waals surface area contributed by atoms with Crippen LogP contribution in [-0.2, 0) is 0 Å². The molecule has 0 spiro atoms. The van der Waals surface area contributed by atoms with Gasteiger partial charge in [-0.15, -0.1) is 0 Å². The molecule has 0 aliphatic carbocycles. The summed E-state index contributed by atoms with van der Waals surface area (Å²) in [5.74, 6) is 0.0638. The van der Waals surface area contributed by atoms with Crippen molar-refractivity contribution in [2.24, 2.45) is 5.73 Å². The van der Waals surface area contributed by atoms with Crippen molar-refractivity contribution in [1.29, 1.82) is 5.41 Å². The van der Waals surface area contributed by atoms with E-state index in [1.807, 2.05) is 6.07 Å². The Labute approximate surface area is 285 Å². The molecule has 2 nitrogen and oxygen atoms in total. The predicted molar refractivity (Wildman–Crippen MR) is 209 cm³/mol. The number of hydrogen-bond donors (Lipinski definition) is 2. The van der Waals surface area contributed by atoms with Crippen LogP contribution < -0.4 is 5.73 Å². The zero-order chi connectivity index (χ0) is 32.9. The fourth-order valence-corrected chi connectivity index (χ4v) is 7.36. The maximum absolute atomic E-state index is 8.28. The van der Waals surface area contributed by atoms with Gasteiger partial charge < -0.3 is 5.73 Å². The van der Waals surface area contributed by atoms with Crippen LogP contribution in [-0.4, -0.2) is 5.84 Å². The minimum absolute atomic E-state index is 0.0638. The quantitative estimate of drug-likeness (QED) is 0.112. The molecule has 0 saturated carbocycles. The number of hydrogen-bond acceptors (Lipinski definition) is 1. The number of fused-ring (bicyclic) bond motifs is 4. The molecular formula is C47H32N2. The summed E-state index contributed by atoms with van der Waals surface area (Å²) in [6.07, 6.45) is 0. The third-order valence-corrected chi connectivity index (χ3v) is 9.85. The second-order valence-corrected chi connectivity index (χ2v) is 12.7. The molecule has 0 heterocycles. The van der Waals surface area contributed by atoms with Crippen molar-refractivity contribution in [3.8, 4) is 44.5 Å². The van der Waals surface area contributed by atoms with Crippen molar-refractivity contribution in [3.63, 3.8) is 0 Å². The highest BCUT2D eigenvalue weighted by Gasteiger charge is 2.18. The summed E-state index contributed by atoms with van der Waals surface area (Å²) in [7, 11) is 0. The molecule has 9 aromatic rings. The van der Waals surface area contributed by atoms with Crippen LogP contribution in [0.5, 0.6) is 0 Å². The molecule has 230 valence electrons. The van der Waals surface area contributed by atoms with Crippen molar-refractivity contribution in [1.82, 2.24) is 0 Å². The summed E-state index contributed by atoms with van der Waals surface area (Å²) < 4.78 is 0. The molecule has 0 bridgehead atoms. The van der Waals surface area contributed by atoms with Crippen LogP contribution in [0.15, 0.2) is 176 Å². The molecule has 0 aliphatic heterocycles. The second kappa shape index (κ2) is 11.6. The first-order chi connectivity index (χ1) is 24.1. The van der Waals surface area contributed by atoms with Gasteiger partial charge in [-0.1, -0.05) is 158 Å². The van der Waals surface area contributed by atoms with Crippen LogP contribution in [0.25, 0.3) is 87.6 Å². The maximum atomic E-state index is 8.28. The van der Waals surface area contributed by atoms with E-state index in [4.69, 9.17) is 11.1 Å². The van der Waals surface area contributed by atoms with Gasteiger partial charge in [0.15, 0.2) is 0 Å². The van der Waals surface area contributed by atoms with Gasteiger partial charge in [-0.3, -0.25) is 5.41 Å². The largest absolute Gasteiger partial charge is 0.384 e. The Balaban J connectivity index is 1.20. The van der Waals surface area contributed by atoms with Crippen LogP contribution in [0, 0.1) is 5.41 Å². The highest BCUT2D eigenvalue weighted by atomic mass is 14.7. The predicted octanol–water partition coefficient (Wildman–Crippen LogP) is 12.3. The van der Waals surface area contributed by atoms with Gasteiger partial charge >= 0.3 is 0 Å². The van der Waals surface area contributed by atoms with E-state index in [0.717, 1.165) is 33.0 Å². The smallest absolute Gasteiger partial charge is 0.122 e. The number of rotatable bonds is 5. The molecule has 49 heavy (non-hydrogen) atoms. The SMILES string of the molecule is N=C(N)c1ccc2c(-c3ccc(-c4ccc5ccccc5c4)cc3)c3ccccc3c(-c3ccc(-c4ccc5ccccc5c4)cc3)c2c1. The molecule has 3 N–H and O–H groups in total. The van der Waals surface area contributed by atoms with Gasteiger partial charge in [0, 0.05) is 5.56 Å². The summed E-state index contributed by atoms with van der Waals surface area (Å²) in [5, 5.41) is 17.8. The van der Waals surface area contributed by atoms with E-state index in [2.05, 4.69) is 170 Å². The average Bonchev–Trinajstić information content (AvgIpc) is 3.16. The monoisotopic (exact) mass is 624 g/mol. The van der Waals surface area contributed by atoms with E-state index in [1.165, 1.54) is 60.1 Å². The fourth-order valence-electron chi connectivity index (χ4n) is 7.36. The first-order valence-electron chi connectivity index (χ1n) is 16.6. The number of benzene rings is 9. The molecule has 0 amide bonds. The van der Waals surface area contributed by atoms with Crippen molar-refractivity contribution in [2.45, 2.75) is 0 Å². The fraction of sp³-hybridized carbons (Fsp3) is 0. The highest BCUT2D eigenvalue weighted by Crippen LogP contribution is 2.44. The zero-order valence-electron chi connectivity index (χ0n) is 26.8. The van der Waals surface area contributed by atoms with Crippen LogP contribution in [0.2, 0.25) is 0 Å². The Kier molecular flexibility index (Phi) is 6.81. The van der Waals surface area contributed by atoms with Crippen molar-refractivity contribution >= 4 is 48.9 Å². The molecule has 0 aromatic heterocycles. The number of nitrogens with two attached hydrogens (primary N) is 1. The van der Waals surface area contributed by atoms with Gasteiger partial charge in [0.25, 0.3) is 0 Å². The van der Waals surface area contributed by atoms with Crippen LogP contribution in [0.1, 0.15) is 5.56 Å². The van der Waals surface area contributed by atoms with Crippen LogP contribution in [0.3, 0.4) is 0 Å². The van der Waals surface area contributed by atoms with E-state index in [1.54, 1.807) is 0 Å². The molecule has 0 atom stereocenters. The molecular weight excluding hydrogens is 593 g/mol. The second-order valence-electron chi connectivity index (χ2n) is 12.7. The summed E-state index contributed by atoms with van der Waals surface area (Å²) in [6.45, 7) is 0. The molecule has 9 aromatic carbocycles. The average molecular weight is 625 g/mol. The number of nitrogen functional groups attached to an aromatic ring is 1. The molecule has 0 saturated heterocycles. The summed E-state index contributed by atoms with van der Waals surface area (Å²) in [5.41, 5.74) is 16.2. The van der Waals surface area contributed by atoms with Crippen LogP contribution in [0.4, 0.5) is 0 Å². The Morgan fingerprint density at radius 2 is 0.714 bits per heavy atom. The van der Waals surface area contributed by atoms with E-state index in [9.17, 15) is 0 Å². The Bertz CT molecular complexity index is 2720. The van der Waals surface area contributed by atoms with Crippen molar-refractivity contribution in [2.75, 3.05) is 0 Å². The summed E-state index contributed by atoms with van der Waals surface area (Å²) in [6, 6.07) is 63.0. The lowest BCUT2D eigenvalue weighted by Crippen LogP contribution is -2.10. The Morgan fingerprint density at radius 3 is 1.20 bits per heavy atom. The first-order valence-corrected chi connectivity index (χ1v) is 16.6. The molecule has 0 fully saturated rings. The number of nitrogens with one attached hydrogen (secondary N) is 1. The molecule has 2 heteroatoms. The minimum Gasteiger partial charge on any atom is -0.384 e. The van der Waals surface area contributed by atoms with Crippen LogP contribution >= 0.6 is 0 Å². The van der Waals surface area contributed by atoms with E-state index >= 15 is 0 Å². The summed E-state index contributed by atoms with van der Waals surface area (Å²) >= 11 is 0. The molecule has 9 rings (SSSR count). The maximum Gasteiger partial charge on any atom is 0.122 e. The van der Waals surface area contributed by atoms with Crippen molar-refractivity contribution < 1.29 is 0 Å². The molecule has 0 unspecified atom stereocenters. The zero-order valence-corrected chi connectivity index (χ0v) is 26.8. The lowest BCUT2D eigenvalue weighted by atomic mass is 9.84. The molecule has 0 aliphatic rings. The Hall–Kier alpha value is -6.51.